The van der Waals surface area contributed by atoms with Crippen molar-refractivity contribution in [3.05, 3.63) is 29.6 Å². The third-order valence-corrected chi connectivity index (χ3v) is 2.50. The van der Waals surface area contributed by atoms with E-state index in [0.29, 0.717) is 6.42 Å². The van der Waals surface area contributed by atoms with Gasteiger partial charge in [0.2, 0.25) is 0 Å². The monoisotopic (exact) mass is 196 g/mol. The zero-order valence-electron chi connectivity index (χ0n) is 7.87. The molecule has 0 spiro atoms. The van der Waals surface area contributed by atoms with E-state index in [9.17, 15) is 4.39 Å². The molecule has 1 aromatic rings. The topological polar surface area (TPSA) is 29.5 Å². The summed E-state index contributed by atoms with van der Waals surface area (Å²) >= 11 is 0. The molecule has 0 saturated carbocycles. The van der Waals surface area contributed by atoms with Gasteiger partial charge in [0.15, 0.2) is 0 Å². The molecule has 0 aromatic heterocycles. The van der Waals surface area contributed by atoms with Gasteiger partial charge in [-0.3, -0.25) is 0 Å². The second-order valence-electron chi connectivity index (χ2n) is 3.54. The third-order valence-electron chi connectivity index (χ3n) is 2.50. The Balaban J connectivity index is 2.15. The zero-order chi connectivity index (χ0) is 9.97. The molecule has 3 heteroatoms. The summed E-state index contributed by atoms with van der Waals surface area (Å²) in [5.74, 6) is 0.545. The van der Waals surface area contributed by atoms with Gasteiger partial charge in [-0.1, -0.05) is 0 Å². The molecule has 0 radical (unpaired) electrons. The van der Waals surface area contributed by atoms with Crippen LogP contribution in [-0.2, 0) is 6.42 Å². The molecule has 1 atom stereocenters. The molecular weight excluding hydrogens is 183 g/mol. The average molecular weight is 196 g/mol. The van der Waals surface area contributed by atoms with Crippen LogP contribution in [0.15, 0.2) is 18.2 Å². The summed E-state index contributed by atoms with van der Waals surface area (Å²) < 4.78 is 18.4. The number of hydrogen-bond acceptors (Lipinski definition) is 2. The number of rotatable bonds is 2. The van der Waals surface area contributed by atoms with E-state index >= 15 is 0 Å². The first-order valence-electron chi connectivity index (χ1n) is 4.85. The van der Waals surface area contributed by atoms with Gasteiger partial charge in [-0.15, -0.1) is 0 Å². The molecule has 0 amide bonds. The largest absolute Gasteiger partial charge is 0.490 e. The molecule has 0 saturated heterocycles. The van der Waals surface area contributed by atoms with E-state index in [2.05, 4.69) is 0 Å². The van der Waals surface area contributed by atoms with E-state index in [4.69, 9.17) is 9.84 Å². The van der Waals surface area contributed by atoms with Crippen molar-refractivity contribution < 1.29 is 14.2 Å². The average Bonchev–Trinajstić information content (AvgIpc) is 2.19. The number of aliphatic hydroxyl groups is 1. The highest BCUT2D eigenvalue weighted by molar-refractivity contribution is 5.35. The minimum Gasteiger partial charge on any atom is -0.490 e. The Hall–Kier alpha value is -1.09. The molecule has 1 aliphatic rings. The molecule has 1 aromatic carbocycles. The van der Waals surface area contributed by atoms with Crippen molar-refractivity contribution in [3.63, 3.8) is 0 Å². The Morgan fingerprint density at radius 3 is 3.14 bits per heavy atom. The lowest BCUT2D eigenvalue weighted by atomic mass is 10.0. The highest BCUT2D eigenvalue weighted by Gasteiger charge is 2.19. The van der Waals surface area contributed by atoms with Crippen LogP contribution in [0.2, 0.25) is 0 Å². The summed E-state index contributed by atoms with van der Waals surface area (Å²) in [6, 6.07) is 4.58. The van der Waals surface area contributed by atoms with E-state index in [1.54, 1.807) is 6.07 Å². The highest BCUT2D eigenvalue weighted by Crippen LogP contribution is 2.28. The van der Waals surface area contributed by atoms with Gasteiger partial charge in [0.1, 0.15) is 17.7 Å². The lowest BCUT2D eigenvalue weighted by molar-refractivity contribution is 0.133. The van der Waals surface area contributed by atoms with Gasteiger partial charge >= 0.3 is 0 Å². The molecule has 0 fully saturated rings. The van der Waals surface area contributed by atoms with Gasteiger partial charge < -0.3 is 9.84 Å². The fourth-order valence-corrected chi connectivity index (χ4v) is 1.76. The van der Waals surface area contributed by atoms with Gasteiger partial charge in [-0.2, -0.15) is 0 Å². The number of hydrogen-bond donors (Lipinski definition) is 1. The van der Waals surface area contributed by atoms with E-state index < -0.39 is 0 Å². The summed E-state index contributed by atoms with van der Waals surface area (Å²) in [7, 11) is 0. The molecule has 1 aliphatic heterocycles. The highest BCUT2D eigenvalue weighted by atomic mass is 19.1. The van der Waals surface area contributed by atoms with Crippen molar-refractivity contribution >= 4 is 0 Å². The molecule has 0 aliphatic carbocycles. The van der Waals surface area contributed by atoms with Gasteiger partial charge in [0.25, 0.3) is 0 Å². The fraction of sp³-hybridized carbons (Fsp3) is 0.455. The standard InChI is InChI=1S/C11H13FO2/c12-9-2-4-11-8(7-9)1-3-10(14-11)5-6-13/h2,4,7,10,13H,1,3,5-6H2/t10-/m1/s1. The second kappa shape index (κ2) is 3.96. The van der Waals surface area contributed by atoms with Crippen molar-refractivity contribution in [2.75, 3.05) is 6.61 Å². The Morgan fingerprint density at radius 1 is 1.50 bits per heavy atom. The Kier molecular flexibility index (Phi) is 2.68. The molecule has 2 rings (SSSR count). The molecule has 0 unspecified atom stereocenters. The molecule has 76 valence electrons. The summed E-state index contributed by atoms with van der Waals surface area (Å²) in [5.41, 5.74) is 0.930. The SMILES string of the molecule is OCC[C@H]1CCc2cc(F)ccc2O1. The number of aryl methyl sites for hydroxylation is 1. The summed E-state index contributed by atoms with van der Waals surface area (Å²) in [5, 5.41) is 8.77. The minimum atomic E-state index is -0.215. The van der Waals surface area contributed by atoms with E-state index in [0.717, 1.165) is 24.2 Å². The summed E-state index contributed by atoms with van der Waals surface area (Å²) in [4.78, 5) is 0. The molecule has 14 heavy (non-hydrogen) atoms. The summed E-state index contributed by atoms with van der Waals surface area (Å²) in [6.45, 7) is 0.140. The number of halogens is 1. The number of ether oxygens (including phenoxy) is 1. The summed E-state index contributed by atoms with van der Waals surface area (Å²) in [6.07, 6.45) is 2.42. The van der Waals surface area contributed by atoms with Crippen LogP contribution in [0, 0.1) is 5.82 Å². The van der Waals surface area contributed by atoms with Crippen LogP contribution in [0.25, 0.3) is 0 Å². The quantitative estimate of drug-likeness (QED) is 0.782. The molecule has 1 N–H and O–H groups in total. The lowest BCUT2D eigenvalue weighted by Crippen LogP contribution is -2.23. The normalized spacial score (nSPS) is 20.0. The number of aliphatic hydroxyl groups excluding tert-OH is 1. The maximum Gasteiger partial charge on any atom is 0.123 e. The van der Waals surface area contributed by atoms with Crippen molar-refractivity contribution in [1.82, 2.24) is 0 Å². The van der Waals surface area contributed by atoms with Gasteiger partial charge in [-0.05, 0) is 36.6 Å². The molecule has 1 heterocycles. The Morgan fingerprint density at radius 2 is 2.36 bits per heavy atom. The molecular formula is C11H13FO2. The van der Waals surface area contributed by atoms with Crippen molar-refractivity contribution in [3.8, 4) is 5.75 Å². The molecule has 2 nitrogen and oxygen atoms in total. The van der Waals surface area contributed by atoms with Crippen LogP contribution >= 0.6 is 0 Å². The minimum absolute atomic E-state index is 0.0814. The lowest BCUT2D eigenvalue weighted by Gasteiger charge is -2.25. The van der Waals surface area contributed by atoms with Crippen LogP contribution in [0.1, 0.15) is 18.4 Å². The van der Waals surface area contributed by atoms with Crippen LogP contribution in [0.4, 0.5) is 4.39 Å². The first-order chi connectivity index (χ1) is 6.79. The van der Waals surface area contributed by atoms with Crippen LogP contribution < -0.4 is 4.74 Å². The van der Waals surface area contributed by atoms with Crippen molar-refractivity contribution in [2.24, 2.45) is 0 Å². The van der Waals surface area contributed by atoms with Crippen molar-refractivity contribution in [2.45, 2.75) is 25.4 Å². The smallest absolute Gasteiger partial charge is 0.123 e. The predicted octanol–water partition coefficient (Wildman–Crippen LogP) is 1.90. The van der Waals surface area contributed by atoms with Gasteiger partial charge in [0, 0.05) is 13.0 Å². The maximum absolute atomic E-state index is 12.8. The van der Waals surface area contributed by atoms with Gasteiger partial charge in [0.05, 0.1) is 0 Å². The number of fused-ring (bicyclic) bond motifs is 1. The van der Waals surface area contributed by atoms with E-state index in [1.807, 2.05) is 0 Å². The Bertz CT molecular complexity index is 325. The van der Waals surface area contributed by atoms with Crippen molar-refractivity contribution in [1.29, 1.82) is 0 Å². The van der Waals surface area contributed by atoms with Crippen LogP contribution in [-0.4, -0.2) is 17.8 Å². The fourth-order valence-electron chi connectivity index (χ4n) is 1.76. The van der Waals surface area contributed by atoms with E-state index in [-0.39, 0.29) is 18.5 Å². The maximum atomic E-state index is 12.8. The van der Waals surface area contributed by atoms with E-state index in [1.165, 1.54) is 12.1 Å². The third kappa shape index (κ3) is 1.87. The Labute approximate surface area is 82.3 Å². The first kappa shape index (κ1) is 9.46. The zero-order valence-corrected chi connectivity index (χ0v) is 7.87. The first-order valence-corrected chi connectivity index (χ1v) is 4.85. The van der Waals surface area contributed by atoms with Gasteiger partial charge in [-0.25, -0.2) is 4.39 Å². The predicted molar refractivity (Wildman–Crippen MR) is 50.8 cm³/mol. The van der Waals surface area contributed by atoms with Crippen LogP contribution in [0.5, 0.6) is 5.75 Å². The molecule has 0 bridgehead atoms. The number of benzene rings is 1. The van der Waals surface area contributed by atoms with Crippen LogP contribution in [0.3, 0.4) is 0 Å². The second-order valence-corrected chi connectivity index (χ2v) is 3.54.